The van der Waals surface area contributed by atoms with Crippen LogP contribution in [0.3, 0.4) is 0 Å². The lowest BCUT2D eigenvalue weighted by atomic mass is 9.86. The van der Waals surface area contributed by atoms with E-state index in [1.54, 1.807) is 19.1 Å². The van der Waals surface area contributed by atoms with Gasteiger partial charge < -0.3 is 10.8 Å². The zero-order valence-corrected chi connectivity index (χ0v) is 23.2. The molecule has 0 aliphatic rings. The fraction of sp³-hybridized carbons (Fsp3) is 0.344. The monoisotopic (exact) mass is 513 g/mol. The lowest BCUT2D eigenvalue weighted by molar-refractivity contribution is -0.136. The molecule has 3 N–H and O–H groups in total. The Morgan fingerprint density at radius 1 is 0.947 bits per heavy atom. The predicted molar refractivity (Wildman–Crippen MR) is 154 cm³/mol. The van der Waals surface area contributed by atoms with E-state index in [4.69, 9.17) is 15.9 Å². The van der Waals surface area contributed by atoms with Crippen LogP contribution in [0.1, 0.15) is 81.9 Å². The first-order valence-corrected chi connectivity index (χ1v) is 13.1. The van der Waals surface area contributed by atoms with E-state index in [2.05, 4.69) is 88.0 Å². The number of amides is 1. The first-order valence-electron chi connectivity index (χ1n) is 13.1. The molecule has 3 aromatic carbocycles. The van der Waals surface area contributed by atoms with E-state index >= 15 is 0 Å². The second-order valence-corrected chi connectivity index (χ2v) is 11.1. The van der Waals surface area contributed by atoms with E-state index in [9.17, 15) is 9.59 Å². The summed E-state index contributed by atoms with van der Waals surface area (Å²) in [7, 11) is 0. The van der Waals surface area contributed by atoms with Gasteiger partial charge >= 0.3 is 5.97 Å². The van der Waals surface area contributed by atoms with Crippen molar-refractivity contribution in [1.82, 2.24) is 9.78 Å². The minimum atomic E-state index is -0.745. The summed E-state index contributed by atoms with van der Waals surface area (Å²) in [5.74, 6) is -0.658. The van der Waals surface area contributed by atoms with Gasteiger partial charge in [0.2, 0.25) is 5.91 Å². The highest BCUT2D eigenvalue weighted by molar-refractivity contribution is 5.92. The van der Waals surface area contributed by atoms with Gasteiger partial charge in [-0.25, -0.2) is 0 Å². The fourth-order valence-electron chi connectivity index (χ4n) is 4.26. The molecule has 0 saturated heterocycles. The summed E-state index contributed by atoms with van der Waals surface area (Å²) < 4.78 is 2.07. The van der Waals surface area contributed by atoms with Gasteiger partial charge in [0.25, 0.3) is 0 Å². The maximum atomic E-state index is 11.5. The molecule has 4 rings (SSSR count). The van der Waals surface area contributed by atoms with Crippen molar-refractivity contribution in [3.63, 3.8) is 0 Å². The van der Waals surface area contributed by atoms with Gasteiger partial charge in [0.05, 0.1) is 11.6 Å². The summed E-state index contributed by atoms with van der Waals surface area (Å²) in [6.45, 7) is 12.7. The number of nitrogens with zero attached hydrogens (tertiary/aromatic N) is 2. The van der Waals surface area contributed by atoms with Gasteiger partial charge in [-0.05, 0) is 64.3 Å². The average molecular weight is 514 g/mol. The molecule has 0 aliphatic heterocycles. The Balaban J connectivity index is 0.000000732. The number of aromatic nitrogens is 2. The van der Waals surface area contributed by atoms with E-state index in [1.165, 1.54) is 16.7 Å². The number of benzene rings is 3. The number of rotatable bonds is 7. The van der Waals surface area contributed by atoms with E-state index in [-0.39, 0.29) is 17.9 Å². The third-order valence-corrected chi connectivity index (χ3v) is 6.50. The lowest BCUT2D eigenvalue weighted by Gasteiger charge is -2.20. The molecule has 0 bridgehead atoms. The zero-order valence-electron chi connectivity index (χ0n) is 23.2. The number of aliphatic carboxylic acids is 1. The highest BCUT2D eigenvalue weighted by Gasteiger charge is 2.18. The first-order chi connectivity index (χ1) is 17.9. The van der Waals surface area contributed by atoms with Crippen molar-refractivity contribution in [1.29, 1.82) is 0 Å². The third-order valence-electron chi connectivity index (χ3n) is 6.50. The van der Waals surface area contributed by atoms with Crippen molar-refractivity contribution in [3.8, 4) is 11.1 Å². The molecule has 1 heterocycles. The molecule has 1 amide bonds. The second kappa shape index (κ2) is 12.1. The molecule has 0 saturated carbocycles. The normalized spacial score (nSPS) is 12.2. The van der Waals surface area contributed by atoms with Gasteiger partial charge in [-0.15, -0.1) is 0 Å². The maximum Gasteiger partial charge on any atom is 0.303 e. The van der Waals surface area contributed by atoms with Crippen molar-refractivity contribution < 1.29 is 14.7 Å². The van der Waals surface area contributed by atoms with Crippen LogP contribution in [0.5, 0.6) is 0 Å². The molecule has 1 atom stereocenters. The molecule has 200 valence electrons. The van der Waals surface area contributed by atoms with Crippen LogP contribution in [0.25, 0.3) is 22.0 Å². The Labute approximate surface area is 225 Å². The second-order valence-electron chi connectivity index (χ2n) is 11.1. The molecule has 6 heteroatoms. The SMILES string of the molecule is CC(C)CC(c1ccc(C(N)=O)cc1)n1cc2cc(-c3ccc(C(C)(C)C)cc3)ccc2n1.CCC(=O)O. The van der Waals surface area contributed by atoms with Gasteiger partial charge in [0, 0.05) is 23.6 Å². The smallest absolute Gasteiger partial charge is 0.303 e. The molecule has 0 fully saturated rings. The van der Waals surface area contributed by atoms with Crippen LogP contribution in [0, 0.1) is 5.92 Å². The van der Waals surface area contributed by atoms with Crippen LogP contribution >= 0.6 is 0 Å². The largest absolute Gasteiger partial charge is 0.481 e. The summed E-state index contributed by atoms with van der Waals surface area (Å²) in [4.78, 5) is 20.8. The standard InChI is InChI=1S/C29H33N3O.C3H6O2/c1-19(2)16-27(21-6-8-22(9-7-21)28(30)33)32-18-24-17-23(12-15-26(24)31-32)20-10-13-25(14-11-20)29(3,4)5;1-2-3(4)5/h6-15,17-19,27H,16H2,1-5H3,(H2,30,33);2H2,1H3,(H,4,5). The highest BCUT2D eigenvalue weighted by Crippen LogP contribution is 2.31. The fourth-order valence-corrected chi connectivity index (χ4v) is 4.26. The molecule has 0 spiro atoms. The Morgan fingerprint density at radius 3 is 2.03 bits per heavy atom. The maximum absolute atomic E-state index is 11.5. The summed E-state index contributed by atoms with van der Waals surface area (Å²) >= 11 is 0. The highest BCUT2D eigenvalue weighted by atomic mass is 16.4. The summed E-state index contributed by atoms with van der Waals surface area (Å²) in [5, 5.41) is 13.7. The number of fused-ring (bicyclic) bond motifs is 1. The van der Waals surface area contributed by atoms with Crippen LogP contribution in [0.2, 0.25) is 0 Å². The van der Waals surface area contributed by atoms with Crippen molar-refractivity contribution in [2.75, 3.05) is 0 Å². The number of carbonyl (C=O) groups is 2. The van der Waals surface area contributed by atoms with Crippen LogP contribution in [-0.2, 0) is 10.2 Å². The van der Waals surface area contributed by atoms with Gasteiger partial charge in [-0.1, -0.05) is 84.0 Å². The van der Waals surface area contributed by atoms with Crippen LogP contribution in [0.15, 0.2) is 72.9 Å². The predicted octanol–water partition coefficient (Wildman–Crippen LogP) is 7.22. The Morgan fingerprint density at radius 2 is 1.53 bits per heavy atom. The molecular formula is C32H39N3O3. The molecule has 1 unspecified atom stereocenters. The van der Waals surface area contributed by atoms with E-state index in [0.29, 0.717) is 11.5 Å². The molecule has 0 radical (unpaired) electrons. The first kappa shape index (κ1) is 28.6. The van der Waals surface area contributed by atoms with Crippen molar-refractivity contribution in [2.45, 2.75) is 65.8 Å². The van der Waals surface area contributed by atoms with Gasteiger partial charge in [0.1, 0.15) is 0 Å². The number of carboxylic acids is 1. The molecule has 4 aromatic rings. The molecule has 1 aromatic heterocycles. The quantitative estimate of drug-likeness (QED) is 0.273. The number of carboxylic acid groups (broad SMARTS) is 1. The Kier molecular flexibility index (Phi) is 9.10. The summed E-state index contributed by atoms with van der Waals surface area (Å²) in [5.41, 5.74) is 11.9. The Hall–Kier alpha value is -3.93. The van der Waals surface area contributed by atoms with Crippen molar-refractivity contribution in [2.24, 2.45) is 11.7 Å². The van der Waals surface area contributed by atoms with Gasteiger partial charge in [-0.2, -0.15) is 5.10 Å². The number of nitrogens with two attached hydrogens (primary N) is 1. The van der Waals surface area contributed by atoms with Gasteiger partial charge in [0.15, 0.2) is 0 Å². The molecular weight excluding hydrogens is 474 g/mol. The number of carbonyl (C=O) groups excluding carboxylic acids is 1. The van der Waals surface area contributed by atoms with Crippen LogP contribution in [0.4, 0.5) is 0 Å². The number of hydrogen-bond donors (Lipinski definition) is 2. The number of hydrogen-bond acceptors (Lipinski definition) is 3. The minimum absolute atomic E-state index is 0.0915. The van der Waals surface area contributed by atoms with Gasteiger partial charge in [-0.3, -0.25) is 14.3 Å². The van der Waals surface area contributed by atoms with E-state index in [1.807, 2.05) is 12.1 Å². The molecule has 6 nitrogen and oxygen atoms in total. The van der Waals surface area contributed by atoms with Crippen molar-refractivity contribution in [3.05, 3.63) is 89.6 Å². The summed E-state index contributed by atoms with van der Waals surface area (Å²) in [6.07, 6.45) is 3.31. The lowest BCUT2D eigenvalue weighted by Crippen LogP contribution is -2.15. The van der Waals surface area contributed by atoms with Crippen LogP contribution in [-0.4, -0.2) is 26.8 Å². The topological polar surface area (TPSA) is 98.2 Å². The molecule has 0 aliphatic carbocycles. The molecule has 38 heavy (non-hydrogen) atoms. The zero-order chi connectivity index (χ0) is 28.0. The third kappa shape index (κ3) is 7.31. The minimum Gasteiger partial charge on any atom is -0.481 e. The van der Waals surface area contributed by atoms with Crippen LogP contribution < -0.4 is 5.73 Å². The van der Waals surface area contributed by atoms with E-state index < -0.39 is 11.9 Å². The Bertz CT molecular complexity index is 1380. The summed E-state index contributed by atoms with van der Waals surface area (Å²) in [6, 6.07) is 23.0. The average Bonchev–Trinajstić information content (AvgIpc) is 3.30. The number of primary amides is 1. The van der Waals surface area contributed by atoms with Crippen molar-refractivity contribution >= 4 is 22.8 Å². The van der Waals surface area contributed by atoms with E-state index in [0.717, 1.165) is 22.9 Å².